The van der Waals surface area contributed by atoms with E-state index in [0.717, 1.165) is 16.3 Å². The van der Waals surface area contributed by atoms with E-state index in [1.807, 2.05) is 24.3 Å². The van der Waals surface area contributed by atoms with E-state index in [9.17, 15) is 14.3 Å². The van der Waals surface area contributed by atoms with Crippen LogP contribution in [0.1, 0.15) is 22.0 Å². The Bertz CT molecular complexity index is 955. The van der Waals surface area contributed by atoms with Crippen molar-refractivity contribution >= 4 is 16.7 Å². The molecule has 0 bridgehead atoms. The van der Waals surface area contributed by atoms with E-state index in [2.05, 4.69) is 0 Å². The molecule has 3 aromatic carbocycles. The van der Waals surface area contributed by atoms with Gasteiger partial charge in [-0.1, -0.05) is 36.4 Å². The van der Waals surface area contributed by atoms with Crippen LogP contribution in [0.15, 0.2) is 60.7 Å². The molecule has 1 aliphatic heterocycles. The highest BCUT2D eigenvalue weighted by atomic mass is 19.1. The molecule has 1 saturated heterocycles. The molecule has 0 aliphatic carbocycles. The van der Waals surface area contributed by atoms with Crippen molar-refractivity contribution < 1.29 is 19.0 Å². The summed E-state index contributed by atoms with van der Waals surface area (Å²) in [5, 5.41) is 12.1. The number of amides is 1. The molecule has 1 atom stereocenters. The van der Waals surface area contributed by atoms with E-state index >= 15 is 0 Å². The third kappa shape index (κ3) is 3.13. The number of aromatic hydroxyl groups is 1. The zero-order valence-electron chi connectivity index (χ0n) is 14.1. The van der Waals surface area contributed by atoms with Crippen LogP contribution in [0, 0.1) is 5.82 Å². The first-order valence-electron chi connectivity index (χ1n) is 8.50. The minimum absolute atomic E-state index is 0.0291. The maximum absolute atomic E-state index is 13.1. The van der Waals surface area contributed by atoms with Gasteiger partial charge in [0, 0.05) is 6.54 Å². The molecule has 0 radical (unpaired) electrons. The summed E-state index contributed by atoms with van der Waals surface area (Å²) in [5.74, 6) is -0.569. The van der Waals surface area contributed by atoms with Gasteiger partial charge < -0.3 is 14.7 Å². The van der Waals surface area contributed by atoms with E-state index in [1.54, 1.807) is 29.2 Å². The summed E-state index contributed by atoms with van der Waals surface area (Å²) in [6, 6.07) is 17.0. The zero-order chi connectivity index (χ0) is 18.1. The van der Waals surface area contributed by atoms with Gasteiger partial charge in [0.25, 0.3) is 5.91 Å². The number of morpholine rings is 1. The Morgan fingerprint density at radius 3 is 2.50 bits per heavy atom. The van der Waals surface area contributed by atoms with Crippen molar-refractivity contribution in [3.8, 4) is 5.75 Å². The molecule has 4 rings (SSSR count). The third-order valence-corrected chi connectivity index (χ3v) is 4.69. The van der Waals surface area contributed by atoms with Gasteiger partial charge in [0.1, 0.15) is 17.7 Å². The second kappa shape index (κ2) is 6.77. The highest BCUT2D eigenvalue weighted by Gasteiger charge is 2.27. The Morgan fingerprint density at radius 1 is 1.08 bits per heavy atom. The maximum Gasteiger partial charge on any atom is 0.257 e. The van der Waals surface area contributed by atoms with Crippen LogP contribution in [0.25, 0.3) is 10.8 Å². The Hall–Kier alpha value is -2.92. The summed E-state index contributed by atoms with van der Waals surface area (Å²) in [4.78, 5) is 14.6. The van der Waals surface area contributed by atoms with Crippen LogP contribution in [-0.2, 0) is 4.74 Å². The number of hydrogen-bond donors (Lipinski definition) is 1. The van der Waals surface area contributed by atoms with Gasteiger partial charge in [0.2, 0.25) is 0 Å². The van der Waals surface area contributed by atoms with E-state index in [-0.39, 0.29) is 29.1 Å². The van der Waals surface area contributed by atoms with E-state index in [1.165, 1.54) is 12.1 Å². The molecule has 0 aromatic heterocycles. The van der Waals surface area contributed by atoms with Crippen LogP contribution in [0.4, 0.5) is 4.39 Å². The standard InChI is InChI=1S/C21H18FNO3/c22-17-7-5-14(6-8-17)20-13-23(9-10-26-20)21(25)18-11-15-3-1-2-4-16(15)12-19(18)24/h1-8,11-12,20,24H,9-10,13H2/t20-/m1/s1. The molecule has 5 heteroatoms. The molecular formula is C21H18FNO3. The molecule has 0 saturated carbocycles. The number of benzene rings is 3. The van der Waals surface area contributed by atoms with Gasteiger partial charge in [0.15, 0.2) is 0 Å². The highest BCUT2D eigenvalue weighted by molar-refractivity contribution is 6.01. The lowest BCUT2D eigenvalue weighted by molar-refractivity contribution is -0.0229. The fourth-order valence-corrected chi connectivity index (χ4v) is 3.28. The predicted octanol–water partition coefficient (Wildman–Crippen LogP) is 3.90. The normalized spacial score (nSPS) is 17.4. The quantitative estimate of drug-likeness (QED) is 0.762. The average Bonchev–Trinajstić information content (AvgIpc) is 2.67. The lowest BCUT2D eigenvalue weighted by Crippen LogP contribution is -2.42. The number of carbonyl (C=O) groups excluding carboxylic acids is 1. The summed E-state index contributed by atoms with van der Waals surface area (Å²) in [6.45, 7) is 1.20. The molecule has 0 unspecified atom stereocenters. The van der Waals surface area contributed by atoms with Crippen LogP contribution in [0.3, 0.4) is 0 Å². The predicted molar refractivity (Wildman–Crippen MR) is 96.6 cm³/mol. The smallest absolute Gasteiger partial charge is 0.257 e. The summed E-state index contributed by atoms with van der Waals surface area (Å²) >= 11 is 0. The van der Waals surface area contributed by atoms with E-state index in [0.29, 0.717) is 19.7 Å². The van der Waals surface area contributed by atoms with Gasteiger partial charge in [-0.15, -0.1) is 0 Å². The second-order valence-corrected chi connectivity index (χ2v) is 6.38. The van der Waals surface area contributed by atoms with Crippen molar-refractivity contribution in [1.29, 1.82) is 0 Å². The van der Waals surface area contributed by atoms with Gasteiger partial charge in [-0.2, -0.15) is 0 Å². The lowest BCUT2D eigenvalue weighted by Gasteiger charge is -2.33. The zero-order valence-corrected chi connectivity index (χ0v) is 14.1. The largest absolute Gasteiger partial charge is 0.507 e. The first-order valence-corrected chi connectivity index (χ1v) is 8.50. The molecule has 4 nitrogen and oxygen atoms in total. The fraction of sp³-hybridized carbons (Fsp3) is 0.190. The van der Waals surface area contributed by atoms with Crippen molar-refractivity contribution in [2.24, 2.45) is 0 Å². The van der Waals surface area contributed by atoms with Crippen molar-refractivity contribution in [3.05, 3.63) is 77.6 Å². The van der Waals surface area contributed by atoms with Gasteiger partial charge in [-0.05, 0) is 40.6 Å². The number of nitrogens with zero attached hydrogens (tertiary/aromatic N) is 1. The minimum atomic E-state index is -0.309. The second-order valence-electron chi connectivity index (χ2n) is 6.38. The van der Waals surface area contributed by atoms with Crippen molar-refractivity contribution in [1.82, 2.24) is 4.90 Å². The number of carbonyl (C=O) groups is 1. The molecule has 1 N–H and O–H groups in total. The Labute approximate surface area is 150 Å². The molecule has 1 fully saturated rings. The SMILES string of the molecule is O=C(c1cc2ccccc2cc1O)N1CCO[C@@H](c2ccc(F)cc2)C1. The minimum Gasteiger partial charge on any atom is -0.507 e. The Morgan fingerprint density at radius 2 is 1.77 bits per heavy atom. The van der Waals surface area contributed by atoms with E-state index in [4.69, 9.17) is 4.74 Å². The summed E-state index contributed by atoms with van der Waals surface area (Å²) < 4.78 is 18.9. The molecule has 1 amide bonds. The molecule has 3 aromatic rings. The monoisotopic (exact) mass is 351 g/mol. The summed E-state index contributed by atoms with van der Waals surface area (Å²) in [7, 11) is 0. The molecule has 0 spiro atoms. The van der Waals surface area contributed by atoms with Gasteiger partial charge in [0.05, 0.1) is 18.7 Å². The number of fused-ring (bicyclic) bond motifs is 1. The van der Waals surface area contributed by atoms with Crippen LogP contribution < -0.4 is 0 Å². The number of phenols is 1. The first kappa shape index (κ1) is 16.5. The van der Waals surface area contributed by atoms with Crippen molar-refractivity contribution in [3.63, 3.8) is 0 Å². The number of rotatable bonds is 2. The maximum atomic E-state index is 13.1. The molecular weight excluding hydrogens is 333 g/mol. The molecule has 1 heterocycles. The molecule has 1 aliphatic rings. The topological polar surface area (TPSA) is 49.8 Å². The van der Waals surface area contributed by atoms with Gasteiger partial charge in [-0.3, -0.25) is 4.79 Å². The number of halogens is 1. The summed E-state index contributed by atoms with van der Waals surface area (Å²) in [6.07, 6.45) is -0.309. The molecule has 26 heavy (non-hydrogen) atoms. The van der Waals surface area contributed by atoms with Crippen LogP contribution >= 0.6 is 0 Å². The van der Waals surface area contributed by atoms with Gasteiger partial charge >= 0.3 is 0 Å². The highest BCUT2D eigenvalue weighted by Crippen LogP contribution is 2.28. The van der Waals surface area contributed by atoms with E-state index < -0.39 is 0 Å². The number of hydrogen-bond acceptors (Lipinski definition) is 3. The van der Waals surface area contributed by atoms with Gasteiger partial charge in [-0.25, -0.2) is 4.39 Å². The first-order chi connectivity index (χ1) is 12.6. The third-order valence-electron chi connectivity index (χ3n) is 4.69. The fourth-order valence-electron chi connectivity index (χ4n) is 3.28. The van der Waals surface area contributed by atoms with Crippen molar-refractivity contribution in [2.45, 2.75) is 6.10 Å². The average molecular weight is 351 g/mol. The van der Waals surface area contributed by atoms with Crippen LogP contribution in [0.2, 0.25) is 0 Å². The molecule has 132 valence electrons. The van der Waals surface area contributed by atoms with Crippen LogP contribution in [-0.4, -0.2) is 35.6 Å². The lowest BCUT2D eigenvalue weighted by atomic mass is 10.0. The Kier molecular flexibility index (Phi) is 4.31. The number of ether oxygens (including phenoxy) is 1. The summed E-state index contributed by atoms with van der Waals surface area (Å²) in [5.41, 5.74) is 1.11. The van der Waals surface area contributed by atoms with Crippen molar-refractivity contribution in [2.75, 3.05) is 19.7 Å². The number of phenolic OH excluding ortho intramolecular Hbond substituents is 1. The Balaban J connectivity index is 1.59. The van der Waals surface area contributed by atoms with Crippen LogP contribution in [0.5, 0.6) is 5.75 Å².